The SMILES string of the molecule is Cn1nccc1C(=O)Nc1cc(C(C)(C)C)nn1Cc1ccccc1. The Balaban J connectivity index is 1.92. The zero-order chi connectivity index (χ0) is 18.0. The Morgan fingerprint density at radius 1 is 1.16 bits per heavy atom. The smallest absolute Gasteiger partial charge is 0.275 e. The van der Waals surface area contributed by atoms with Crippen molar-refractivity contribution in [1.82, 2.24) is 19.6 Å². The number of hydrogen-bond acceptors (Lipinski definition) is 3. The third-order valence-corrected chi connectivity index (χ3v) is 4.02. The highest BCUT2D eigenvalue weighted by atomic mass is 16.2. The minimum Gasteiger partial charge on any atom is -0.305 e. The van der Waals surface area contributed by atoms with Gasteiger partial charge in [-0.25, -0.2) is 4.68 Å². The zero-order valence-corrected chi connectivity index (χ0v) is 15.0. The number of aryl methyl sites for hydroxylation is 1. The van der Waals surface area contributed by atoms with Crippen molar-refractivity contribution in [3.05, 3.63) is 65.6 Å². The van der Waals surface area contributed by atoms with Crippen molar-refractivity contribution in [2.75, 3.05) is 5.32 Å². The normalized spacial score (nSPS) is 11.5. The fraction of sp³-hybridized carbons (Fsp3) is 0.316. The van der Waals surface area contributed by atoms with E-state index in [0.29, 0.717) is 18.1 Å². The van der Waals surface area contributed by atoms with E-state index in [2.05, 4.69) is 31.2 Å². The van der Waals surface area contributed by atoms with Crippen LogP contribution in [0.3, 0.4) is 0 Å². The molecule has 6 nitrogen and oxygen atoms in total. The molecule has 0 atom stereocenters. The summed E-state index contributed by atoms with van der Waals surface area (Å²) in [5.74, 6) is 0.481. The van der Waals surface area contributed by atoms with E-state index in [1.54, 1.807) is 24.0 Å². The van der Waals surface area contributed by atoms with Crippen LogP contribution >= 0.6 is 0 Å². The highest BCUT2D eigenvalue weighted by Crippen LogP contribution is 2.25. The highest BCUT2D eigenvalue weighted by Gasteiger charge is 2.21. The molecule has 1 aromatic carbocycles. The molecule has 0 saturated carbocycles. The van der Waals surface area contributed by atoms with Gasteiger partial charge in [0.25, 0.3) is 5.91 Å². The summed E-state index contributed by atoms with van der Waals surface area (Å²) in [7, 11) is 1.75. The molecule has 6 heteroatoms. The zero-order valence-electron chi connectivity index (χ0n) is 15.0. The second kappa shape index (κ2) is 6.55. The van der Waals surface area contributed by atoms with Gasteiger partial charge < -0.3 is 5.32 Å². The molecule has 2 aromatic heterocycles. The van der Waals surface area contributed by atoms with Crippen LogP contribution in [-0.2, 0) is 19.0 Å². The first-order valence-electron chi connectivity index (χ1n) is 8.26. The van der Waals surface area contributed by atoms with Crippen LogP contribution in [0.4, 0.5) is 5.82 Å². The third kappa shape index (κ3) is 3.79. The lowest BCUT2D eigenvalue weighted by Crippen LogP contribution is -2.19. The Hall–Kier alpha value is -2.89. The van der Waals surface area contributed by atoms with Gasteiger partial charge in [-0.05, 0) is 11.6 Å². The average molecular weight is 337 g/mol. The van der Waals surface area contributed by atoms with Gasteiger partial charge in [0.1, 0.15) is 11.5 Å². The van der Waals surface area contributed by atoms with Gasteiger partial charge in [-0.2, -0.15) is 10.2 Å². The second-order valence-electron chi connectivity index (χ2n) is 7.10. The Kier molecular flexibility index (Phi) is 4.44. The number of rotatable bonds is 4. The Labute approximate surface area is 147 Å². The lowest BCUT2D eigenvalue weighted by Gasteiger charge is -2.14. The van der Waals surface area contributed by atoms with Crippen LogP contribution in [0, 0.1) is 0 Å². The fourth-order valence-corrected chi connectivity index (χ4v) is 2.54. The molecule has 0 aliphatic carbocycles. The molecule has 3 aromatic rings. The molecule has 130 valence electrons. The Bertz CT molecular complexity index is 871. The van der Waals surface area contributed by atoms with Crippen molar-refractivity contribution >= 4 is 11.7 Å². The van der Waals surface area contributed by atoms with Crippen LogP contribution < -0.4 is 5.32 Å². The summed E-state index contributed by atoms with van der Waals surface area (Å²) in [6.07, 6.45) is 1.61. The van der Waals surface area contributed by atoms with Gasteiger partial charge in [0, 0.05) is 24.7 Å². The molecule has 0 bridgehead atoms. The standard InChI is InChI=1S/C19H23N5O/c1-19(2,3)16-12-17(21-18(25)15-10-11-20-23(15)4)24(22-16)13-14-8-6-5-7-9-14/h5-12H,13H2,1-4H3,(H,21,25). The number of aromatic nitrogens is 4. The summed E-state index contributed by atoms with van der Waals surface area (Å²) < 4.78 is 3.39. The maximum absolute atomic E-state index is 12.5. The Morgan fingerprint density at radius 2 is 1.88 bits per heavy atom. The lowest BCUT2D eigenvalue weighted by molar-refractivity contribution is 0.101. The van der Waals surface area contributed by atoms with Gasteiger partial charge in [0.2, 0.25) is 0 Å². The maximum Gasteiger partial charge on any atom is 0.275 e. The Morgan fingerprint density at radius 3 is 2.48 bits per heavy atom. The molecule has 0 spiro atoms. The van der Waals surface area contributed by atoms with E-state index in [9.17, 15) is 4.79 Å². The molecule has 0 radical (unpaired) electrons. The second-order valence-corrected chi connectivity index (χ2v) is 7.10. The molecular weight excluding hydrogens is 314 g/mol. The van der Waals surface area contributed by atoms with Crippen LogP contribution in [0.5, 0.6) is 0 Å². The van der Waals surface area contributed by atoms with E-state index in [4.69, 9.17) is 5.10 Å². The van der Waals surface area contributed by atoms with Crippen LogP contribution in [0.25, 0.3) is 0 Å². The van der Waals surface area contributed by atoms with Gasteiger partial charge in [-0.1, -0.05) is 51.1 Å². The molecule has 0 aliphatic heterocycles. The number of carbonyl (C=O) groups excluding carboxylic acids is 1. The quantitative estimate of drug-likeness (QED) is 0.795. The van der Waals surface area contributed by atoms with Crippen LogP contribution in [0.2, 0.25) is 0 Å². The number of anilines is 1. The van der Waals surface area contributed by atoms with Gasteiger partial charge >= 0.3 is 0 Å². The molecule has 1 N–H and O–H groups in total. The lowest BCUT2D eigenvalue weighted by atomic mass is 9.92. The van der Waals surface area contributed by atoms with Gasteiger partial charge in [0.05, 0.1) is 12.2 Å². The number of nitrogens with one attached hydrogen (secondary N) is 1. The summed E-state index contributed by atoms with van der Waals surface area (Å²) in [4.78, 5) is 12.5. The average Bonchev–Trinajstić information content (AvgIpc) is 3.15. The van der Waals surface area contributed by atoms with Crippen molar-refractivity contribution < 1.29 is 4.79 Å². The van der Waals surface area contributed by atoms with Gasteiger partial charge in [0.15, 0.2) is 0 Å². The predicted octanol–water partition coefficient (Wildman–Crippen LogP) is 3.21. The molecule has 1 amide bonds. The van der Waals surface area contributed by atoms with E-state index >= 15 is 0 Å². The fourth-order valence-electron chi connectivity index (χ4n) is 2.54. The first-order chi connectivity index (χ1) is 11.8. The monoisotopic (exact) mass is 337 g/mol. The topological polar surface area (TPSA) is 64.7 Å². The number of amides is 1. The summed E-state index contributed by atoms with van der Waals surface area (Å²) in [6, 6.07) is 13.7. The van der Waals surface area contributed by atoms with Crippen LogP contribution in [0.1, 0.15) is 42.5 Å². The third-order valence-electron chi connectivity index (χ3n) is 4.02. The van der Waals surface area contributed by atoms with E-state index in [1.807, 2.05) is 41.1 Å². The van der Waals surface area contributed by atoms with E-state index in [-0.39, 0.29) is 11.3 Å². The molecule has 3 rings (SSSR count). The van der Waals surface area contributed by atoms with Crippen molar-refractivity contribution in [3.63, 3.8) is 0 Å². The first kappa shape index (κ1) is 17.0. The molecule has 0 aliphatic rings. The summed E-state index contributed by atoms with van der Waals surface area (Å²) in [5, 5.41) is 11.7. The maximum atomic E-state index is 12.5. The predicted molar refractivity (Wildman–Crippen MR) is 97.6 cm³/mol. The van der Waals surface area contributed by atoms with Gasteiger partial charge in [-0.3, -0.25) is 9.48 Å². The van der Waals surface area contributed by atoms with Crippen molar-refractivity contribution in [1.29, 1.82) is 0 Å². The van der Waals surface area contributed by atoms with E-state index in [1.165, 1.54) is 0 Å². The molecule has 25 heavy (non-hydrogen) atoms. The summed E-state index contributed by atoms with van der Waals surface area (Å²) in [5.41, 5.74) is 2.46. The van der Waals surface area contributed by atoms with E-state index < -0.39 is 0 Å². The highest BCUT2D eigenvalue weighted by molar-refractivity contribution is 6.02. The van der Waals surface area contributed by atoms with Gasteiger partial charge in [-0.15, -0.1) is 0 Å². The number of benzene rings is 1. The van der Waals surface area contributed by atoms with Crippen molar-refractivity contribution in [2.45, 2.75) is 32.7 Å². The number of hydrogen-bond donors (Lipinski definition) is 1. The molecule has 0 unspecified atom stereocenters. The number of carbonyl (C=O) groups is 1. The summed E-state index contributed by atoms with van der Waals surface area (Å²) in [6.45, 7) is 6.91. The minimum absolute atomic E-state index is 0.103. The van der Waals surface area contributed by atoms with Crippen LogP contribution in [0.15, 0.2) is 48.7 Å². The molecule has 0 fully saturated rings. The summed E-state index contributed by atoms with van der Waals surface area (Å²) >= 11 is 0. The minimum atomic E-state index is -0.199. The molecule has 2 heterocycles. The van der Waals surface area contributed by atoms with E-state index in [0.717, 1.165) is 11.3 Å². The largest absolute Gasteiger partial charge is 0.305 e. The van der Waals surface area contributed by atoms with Crippen molar-refractivity contribution in [3.8, 4) is 0 Å². The molecule has 0 saturated heterocycles. The number of nitrogens with zero attached hydrogens (tertiary/aromatic N) is 4. The molecular formula is C19H23N5O. The van der Waals surface area contributed by atoms with Crippen LogP contribution in [-0.4, -0.2) is 25.5 Å². The first-order valence-corrected chi connectivity index (χ1v) is 8.26. The van der Waals surface area contributed by atoms with Crippen molar-refractivity contribution in [2.24, 2.45) is 7.05 Å².